The Morgan fingerprint density at radius 3 is 2.53 bits per heavy atom. The van der Waals surface area contributed by atoms with E-state index < -0.39 is 0 Å². The first-order valence-corrected chi connectivity index (χ1v) is 4.53. The van der Waals surface area contributed by atoms with Crippen LogP contribution in [0, 0.1) is 38.6 Å². The van der Waals surface area contributed by atoms with Gasteiger partial charge in [-0.05, 0) is 24.3 Å². The summed E-state index contributed by atoms with van der Waals surface area (Å²) in [6.45, 7) is 0. The minimum atomic E-state index is 0. The van der Waals surface area contributed by atoms with Gasteiger partial charge in [0.1, 0.15) is 0 Å². The first kappa shape index (κ1) is 10.8. The maximum absolute atomic E-state index is 4.37. The standard InChI is InChI=1S/C12H8N2.Tb/c1-3-9-5-6-11-10(4-2-7-13-11)12(9)14-8-1;/h1-8H;. The van der Waals surface area contributed by atoms with Gasteiger partial charge in [-0.3, -0.25) is 9.97 Å². The average Bonchev–Trinajstić information content (AvgIpc) is 2.29. The summed E-state index contributed by atoms with van der Waals surface area (Å²) in [4.78, 5) is 8.66. The van der Waals surface area contributed by atoms with Crippen molar-refractivity contribution >= 4 is 21.8 Å². The first-order valence-electron chi connectivity index (χ1n) is 4.53. The van der Waals surface area contributed by atoms with Gasteiger partial charge in [-0.2, -0.15) is 0 Å². The van der Waals surface area contributed by atoms with E-state index in [1.807, 2.05) is 24.4 Å². The molecule has 3 rings (SSSR count). The summed E-state index contributed by atoms with van der Waals surface area (Å²) >= 11 is 0. The molecular formula is C12H8N2Tb. The van der Waals surface area contributed by atoms with Crippen LogP contribution in [0.3, 0.4) is 0 Å². The van der Waals surface area contributed by atoms with E-state index in [-0.39, 0.29) is 38.6 Å². The van der Waals surface area contributed by atoms with Crippen LogP contribution in [-0.2, 0) is 0 Å². The first-order chi connectivity index (χ1) is 6.95. The van der Waals surface area contributed by atoms with E-state index >= 15 is 0 Å². The largest absolute Gasteiger partial charge is 0.256 e. The molecule has 0 N–H and O–H groups in total. The van der Waals surface area contributed by atoms with Crippen molar-refractivity contribution in [3.8, 4) is 0 Å². The zero-order valence-corrected chi connectivity index (χ0v) is 9.99. The summed E-state index contributed by atoms with van der Waals surface area (Å²) < 4.78 is 0. The van der Waals surface area contributed by atoms with Crippen LogP contribution in [0.15, 0.2) is 48.8 Å². The Morgan fingerprint density at radius 1 is 0.800 bits per heavy atom. The van der Waals surface area contributed by atoms with Gasteiger partial charge in [0.25, 0.3) is 0 Å². The van der Waals surface area contributed by atoms with Crippen LogP contribution in [0.1, 0.15) is 0 Å². The summed E-state index contributed by atoms with van der Waals surface area (Å²) in [7, 11) is 0. The number of aromatic nitrogens is 2. The molecule has 0 spiro atoms. The maximum atomic E-state index is 4.37. The fourth-order valence-electron chi connectivity index (χ4n) is 1.70. The molecule has 2 nitrogen and oxygen atoms in total. The molecular weight excluding hydrogens is 331 g/mol. The van der Waals surface area contributed by atoms with E-state index in [4.69, 9.17) is 0 Å². The SMILES string of the molecule is [Tb].c1cnc2c(c1)ccc1ncccc12. The van der Waals surface area contributed by atoms with Gasteiger partial charge in [0.15, 0.2) is 0 Å². The van der Waals surface area contributed by atoms with Crippen LogP contribution < -0.4 is 0 Å². The number of hydrogen-bond acceptors (Lipinski definition) is 2. The van der Waals surface area contributed by atoms with E-state index in [0.29, 0.717) is 0 Å². The number of fused-ring (bicyclic) bond motifs is 3. The van der Waals surface area contributed by atoms with Gasteiger partial charge in [0.2, 0.25) is 0 Å². The number of rotatable bonds is 0. The molecule has 0 amide bonds. The molecule has 0 aliphatic heterocycles. The molecule has 1 radical (unpaired) electrons. The minimum Gasteiger partial charge on any atom is -0.256 e. The summed E-state index contributed by atoms with van der Waals surface area (Å²) in [5, 5.41) is 2.28. The molecule has 0 atom stereocenters. The van der Waals surface area contributed by atoms with Gasteiger partial charge in [-0.15, -0.1) is 0 Å². The molecule has 0 unspecified atom stereocenters. The molecule has 75 valence electrons. The van der Waals surface area contributed by atoms with E-state index in [0.717, 1.165) is 21.8 Å². The Labute approximate surface area is 118 Å². The summed E-state index contributed by atoms with van der Waals surface area (Å²) in [5.74, 6) is 0. The molecule has 3 heteroatoms. The zero-order chi connectivity index (χ0) is 9.38. The number of benzene rings is 1. The Morgan fingerprint density at radius 2 is 1.60 bits per heavy atom. The average molecular weight is 339 g/mol. The van der Waals surface area contributed by atoms with Gasteiger partial charge in [0.05, 0.1) is 11.0 Å². The molecule has 0 saturated carbocycles. The number of hydrogen-bond donors (Lipinski definition) is 0. The van der Waals surface area contributed by atoms with Gasteiger partial charge in [-0.25, -0.2) is 0 Å². The van der Waals surface area contributed by atoms with Gasteiger partial charge < -0.3 is 0 Å². The Bertz CT molecular complexity index is 553. The van der Waals surface area contributed by atoms with Gasteiger partial charge >= 0.3 is 0 Å². The zero-order valence-electron chi connectivity index (χ0n) is 7.85. The fraction of sp³-hybridized carbons (Fsp3) is 0. The molecule has 0 aliphatic carbocycles. The van der Waals surface area contributed by atoms with E-state index in [2.05, 4.69) is 28.2 Å². The molecule has 3 aromatic rings. The molecule has 15 heavy (non-hydrogen) atoms. The molecule has 2 heterocycles. The quantitative estimate of drug-likeness (QED) is 0.589. The van der Waals surface area contributed by atoms with E-state index in [1.54, 1.807) is 6.20 Å². The topological polar surface area (TPSA) is 25.8 Å². The van der Waals surface area contributed by atoms with Crippen molar-refractivity contribution in [2.75, 3.05) is 0 Å². The smallest absolute Gasteiger partial charge is 0.0795 e. The molecule has 2 aromatic heterocycles. The molecule has 0 saturated heterocycles. The van der Waals surface area contributed by atoms with Gasteiger partial charge in [0, 0.05) is 61.8 Å². The van der Waals surface area contributed by atoms with Crippen molar-refractivity contribution in [2.24, 2.45) is 0 Å². The maximum Gasteiger partial charge on any atom is 0.0795 e. The van der Waals surface area contributed by atoms with E-state index in [9.17, 15) is 0 Å². The Hall–Kier alpha value is -0.674. The Balaban J connectivity index is 0.000000853. The normalized spacial score (nSPS) is 10.1. The summed E-state index contributed by atoms with van der Waals surface area (Å²) in [6, 6.07) is 12.1. The predicted molar refractivity (Wildman–Crippen MR) is 57.0 cm³/mol. The fourth-order valence-corrected chi connectivity index (χ4v) is 1.70. The van der Waals surface area contributed by atoms with Crippen molar-refractivity contribution in [2.45, 2.75) is 0 Å². The van der Waals surface area contributed by atoms with Crippen molar-refractivity contribution in [3.63, 3.8) is 0 Å². The van der Waals surface area contributed by atoms with Crippen LogP contribution in [-0.4, -0.2) is 9.97 Å². The molecule has 0 fully saturated rings. The van der Waals surface area contributed by atoms with Gasteiger partial charge in [-0.1, -0.05) is 12.1 Å². The third-order valence-corrected chi connectivity index (χ3v) is 2.35. The summed E-state index contributed by atoms with van der Waals surface area (Å²) in [6.07, 6.45) is 3.62. The second-order valence-corrected chi connectivity index (χ2v) is 3.21. The second kappa shape index (κ2) is 4.45. The van der Waals surface area contributed by atoms with Crippen LogP contribution in [0.25, 0.3) is 21.8 Å². The number of nitrogens with zero attached hydrogens (tertiary/aromatic N) is 2. The van der Waals surface area contributed by atoms with Crippen molar-refractivity contribution < 1.29 is 38.6 Å². The summed E-state index contributed by atoms with van der Waals surface area (Å²) in [5.41, 5.74) is 2.02. The molecule has 1 aromatic carbocycles. The number of pyridine rings is 2. The third-order valence-electron chi connectivity index (χ3n) is 2.35. The van der Waals surface area contributed by atoms with Crippen LogP contribution in [0.2, 0.25) is 0 Å². The van der Waals surface area contributed by atoms with Crippen LogP contribution >= 0.6 is 0 Å². The molecule has 0 bridgehead atoms. The second-order valence-electron chi connectivity index (χ2n) is 3.21. The third kappa shape index (κ3) is 1.86. The monoisotopic (exact) mass is 339 g/mol. The van der Waals surface area contributed by atoms with Crippen molar-refractivity contribution in [1.29, 1.82) is 0 Å². The van der Waals surface area contributed by atoms with Crippen molar-refractivity contribution in [1.82, 2.24) is 9.97 Å². The van der Waals surface area contributed by atoms with Crippen LogP contribution in [0.4, 0.5) is 0 Å². The predicted octanol–water partition coefficient (Wildman–Crippen LogP) is 2.78. The minimum absolute atomic E-state index is 0. The van der Waals surface area contributed by atoms with Crippen molar-refractivity contribution in [3.05, 3.63) is 48.8 Å². The Kier molecular flexibility index (Phi) is 3.21. The van der Waals surface area contributed by atoms with E-state index in [1.165, 1.54) is 0 Å². The molecule has 0 aliphatic rings. The van der Waals surface area contributed by atoms with Crippen LogP contribution in [0.5, 0.6) is 0 Å².